The molecule has 3 heterocycles. The predicted molar refractivity (Wildman–Crippen MR) is 131 cm³/mol. The Morgan fingerprint density at radius 1 is 0.879 bits per heavy atom. The first-order valence-electron chi connectivity index (χ1n) is 11.6. The molecule has 0 fully saturated rings. The molecule has 7 nitrogen and oxygen atoms in total. The maximum atomic E-state index is 13.5. The second-order valence-electron chi connectivity index (χ2n) is 8.15. The van der Waals surface area contributed by atoms with E-state index in [9.17, 15) is 4.79 Å². The minimum atomic E-state index is -0.0734. The number of ether oxygens (including phenoxy) is 1. The van der Waals surface area contributed by atoms with Crippen LogP contribution in [0.5, 0.6) is 5.75 Å². The summed E-state index contributed by atoms with van der Waals surface area (Å²) in [5.41, 5.74) is 4.10. The Balaban J connectivity index is 1.74. The van der Waals surface area contributed by atoms with Gasteiger partial charge in [-0.15, -0.1) is 0 Å². The number of aromatic nitrogens is 5. The van der Waals surface area contributed by atoms with Crippen LogP contribution in [0.3, 0.4) is 0 Å². The largest absolute Gasteiger partial charge is 0.494 e. The smallest absolute Gasteiger partial charge is 0.265 e. The first-order valence-corrected chi connectivity index (χ1v) is 11.6. The Bertz CT molecular complexity index is 1480. The van der Waals surface area contributed by atoms with Gasteiger partial charge in [0.1, 0.15) is 16.7 Å². The summed E-state index contributed by atoms with van der Waals surface area (Å²) >= 11 is 0. The first kappa shape index (κ1) is 21.1. The van der Waals surface area contributed by atoms with Crippen molar-refractivity contribution < 1.29 is 4.74 Å². The fourth-order valence-corrected chi connectivity index (χ4v) is 4.24. The van der Waals surface area contributed by atoms with Crippen LogP contribution in [0, 0.1) is 0 Å². The van der Waals surface area contributed by atoms with Gasteiger partial charge in [-0.1, -0.05) is 38.3 Å². The van der Waals surface area contributed by atoms with Crippen molar-refractivity contribution >= 4 is 33.2 Å². The summed E-state index contributed by atoms with van der Waals surface area (Å²) in [5.74, 6) is 0.793. The zero-order valence-electron chi connectivity index (χ0n) is 19.0. The van der Waals surface area contributed by atoms with E-state index in [2.05, 4.69) is 6.92 Å². The highest BCUT2D eigenvalue weighted by Crippen LogP contribution is 2.29. The predicted octanol–water partition coefficient (Wildman–Crippen LogP) is 5.26. The molecule has 0 unspecified atom stereocenters. The van der Waals surface area contributed by atoms with Gasteiger partial charge in [-0.3, -0.25) is 13.9 Å². The molecule has 0 amide bonds. The minimum absolute atomic E-state index is 0.0734. The van der Waals surface area contributed by atoms with Gasteiger partial charge in [-0.2, -0.15) is 0 Å². The van der Waals surface area contributed by atoms with Gasteiger partial charge in [0.2, 0.25) is 0 Å². The molecule has 0 saturated carbocycles. The van der Waals surface area contributed by atoms with E-state index < -0.39 is 0 Å². The molecular weight excluding hydrogens is 414 g/mol. The zero-order valence-corrected chi connectivity index (χ0v) is 19.0. The van der Waals surface area contributed by atoms with Crippen LogP contribution in [0.2, 0.25) is 0 Å². The van der Waals surface area contributed by atoms with Gasteiger partial charge in [0.15, 0.2) is 11.3 Å². The Kier molecular flexibility index (Phi) is 5.77. The lowest BCUT2D eigenvalue weighted by Crippen LogP contribution is -2.20. The summed E-state index contributed by atoms with van der Waals surface area (Å²) in [5, 5.41) is 0.509. The Hall–Kier alpha value is -3.74. The van der Waals surface area contributed by atoms with E-state index >= 15 is 0 Å². The number of rotatable bonds is 8. The minimum Gasteiger partial charge on any atom is -0.494 e. The lowest BCUT2D eigenvalue weighted by Gasteiger charge is -2.09. The number of nitrogens with zero attached hydrogens (tertiary/aromatic N) is 5. The molecular formula is C26H27N5O2. The highest BCUT2D eigenvalue weighted by atomic mass is 16.5. The number of para-hydroxylation sites is 2. The molecule has 0 saturated heterocycles. The lowest BCUT2D eigenvalue weighted by atomic mass is 10.2. The van der Waals surface area contributed by atoms with Crippen LogP contribution in [0.4, 0.5) is 0 Å². The quantitative estimate of drug-likeness (QED) is 0.307. The van der Waals surface area contributed by atoms with Crippen molar-refractivity contribution in [2.24, 2.45) is 0 Å². The van der Waals surface area contributed by atoms with Crippen molar-refractivity contribution in [1.29, 1.82) is 0 Å². The van der Waals surface area contributed by atoms with Crippen molar-refractivity contribution in [3.8, 4) is 11.4 Å². The van der Waals surface area contributed by atoms with Gasteiger partial charge in [0.25, 0.3) is 5.56 Å². The molecule has 7 heteroatoms. The number of benzene rings is 2. The van der Waals surface area contributed by atoms with Gasteiger partial charge in [0, 0.05) is 12.2 Å². The molecule has 3 aromatic heterocycles. The van der Waals surface area contributed by atoms with E-state index in [1.54, 1.807) is 10.9 Å². The summed E-state index contributed by atoms with van der Waals surface area (Å²) < 4.78 is 9.22. The van der Waals surface area contributed by atoms with E-state index in [0.29, 0.717) is 35.3 Å². The monoisotopic (exact) mass is 441 g/mol. The molecule has 2 aromatic carbocycles. The summed E-state index contributed by atoms with van der Waals surface area (Å²) in [7, 11) is 0. The molecule has 0 radical (unpaired) electrons. The zero-order chi connectivity index (χ0) is 22.8. The van der Waals surface area contributed by atoms with Crippen LogP contribution in [0.25, 0.3) is 38.9 Å². The number of fused-ring (bicyclic) bond motifs is 4. The van der Waals surface area contributed by atoms with Crippen LogP contribution < -0.4 is 10.3 Å². The third kappa shape index (κ3) is 3.84. The molecule has 5 aromatic rings. The van der Waals surface area contributed by atoms with Gasteiger partial charge in [-0.05, 0) is 49.7 Å². The van der Waals surface area contributed by atoms with Gasteiger partial charge in [-0.25, -0.2) is 15.0 Å². The maximum Gasteiger partial charge on any atom is 0.265 e. The van der Waals surface area contributed by atoms with E-state index in [1.807, 2.05) is 60.0 Å². The second-order valence-corrected chi connectivity index (χ2v) is 8.15. The molecule has 0 bridgehead atoms. The fraction of sp³-hybridized carbons (Fsp3) is 0.308. The van der Waals surface area contributed by atoms with E-state index in [1.165, 1.54) is 6.42 Å². The molecule has 5 rings (SSSR count). The summed E-state index contributed by atoms with van der Waals surface area (Å²) in [4.78, 5) is 28.0. The van der Waals surface area contributed by atoms with Crippen LogP contribution in [0.15, 0.2) is 59.7 Å². The van der Waals surface area contributed by atoms with E-state index in [-0.39, 0.29) is 5.56 Å². The third-order valence-electron chi connectivity index (χ3n) is 5.89. The highest BCUT2D eigenvalue weighted by Gasteiger charge is 2.20. The number of aryl methyl sites for hydroxylation is 1. The average Bonchev–Trinajstić information content (AvgIpc) is 3.16. The van der Waals surface area contributed by atoms with Crippen LogP contribution in [-0.2, 0) is 6.54 Å². The summed E-state index contributed by atoms with van der Waals surface area (Å²) in [6, 6.07) is 15.5. The number of hydrogen-bond acceptors (Lipinski definition) is 5. The van der Waals surface area contributed by atoms with Crippen molar-refractivity contribution in [3.05, 3.63) is 65.2 Å². The van der Waals surface area contributed by atoms with Gasteiger partial charge >= 0.3 is 0 Å². The number of hydrogen-bond donors (Lipinski definition) is 0. The molecule has 0 N–H and O–H groups in total. The number of unbranched alkanes of at least 4 members (excludes halogenated alkanes) is 3. The normalized spacial score (nSPS) is 11.6. The van der Waals surface area contributed by atoms with Gasteiger partial charge < -0.3 is 4.74 Å². The maximum absolute atomic E-state index is 13.5. The molecule has 0 aliphatic carbocycles. The molecule has 0 aliphatic rings. The van der Waals surface area contributed by atoms with Crippen molar-refractivity contribution in [3.63, 3.8) is 0 Å². The third-order valence-corrected chi connectivity index (χ3v) is 5.89. The topological polar surface area (TPSA) is 74.8 Å². The summed E-state index contributed by atoms with van der Waals surface area (Å²) in [6.07, 6.45) is 6.02. The Morgan fingerprint density at radius 2 is 1.64 bits per heavy atom. The summed E-state index contributed by atoms with van der Waals surface area (Å²) in [6.45, 7) is 5.39. The van der Waals surface area contributed by atoms with Crippen LogP contribution in [0.1, 0.15) is 39.5 Å². The molecule has 0 spiro atoms. The van der Waals surface area contributed by atoms with Crippen LogP contribution >= 0.6 is 0 Å². The van der Waals surface area contributed by atoms with Crippen molar-refractivity contribution in [2.75, 3.05) is 6.61 Å². The Labute approximate surface area is 191 Å². The van der Waals surface area contributed by atoms with Crippen molar-refractivity contribution in [2.45, 2.75) is 46.1 Å². The van der Waals surface area contributed by atoms with Crippen LogP contribution in [-0.4, -0.2) is 30.7 Å². The van der Waals surface area contributed by atoms with E-state index in [4.69, 9.17) is 19.7 Å². The average molecular weight is 442 g/mol. The molecule has 33 heavy (non-hydrogen) atoms. The first-order chi connectivity index (χ1) is 16.2. The van der Waals surface area contributed by atoms with E-state index in [0.717, 1.165) is 41.7 Å². The molecule has 0 atom stereocenters. The highest BCUT2D eigenvalue weighted by molar-refractivity contribution is 6.05. The molecule has 0 aliphatic heterocycles. The standard InChI is InChI=1S/C26H27N5O2/c1-3-5-6-9-16-30-17-27-24-22(26(30)32)23-25(29-21-11-8-7-10-20(21)28-23)31(24)18-12-14-19(15-13-18)33-4-2/h7-8,10-15,17H,3-6,9,16H2,1-2H3. The van der Waals surface area contributed by atoms with Gasteiger partial charge in [0.05, 0.1) is 24.0 Å². The SMILES string of the molecule is CCCCCCn1cnc2c(c1=O)c1nc3ccccc3nc1n2-c1ccc(OCC)cc1. The second kappa shape index (κ2) is 9.02. The molecule has 168 valence electrons. The lowest BCUT2D eigenvalue weighted by molar-refractivity contribution is 0.340. The fourth-order valence-electron chi connectivity index (χ4n) is 4.24. The van der Waals surface area contributed by atoms with Crippen molar-refractivity contribution in [1.82, 2.24) is 24.1 Å². The Morgan fingerprint density at radius 3 is 2.36 bits per heavy atom.